The van der Waals surface area contributed by atoms with Gasteiger partial charge in [-0.2, -0.15) is 0 Å². The number of nitrogens with zero attached hydrogens (tertiary/aromatic N) is 2. The van der Waals surface area contributed by atoms with Gasteiger partial charge in [0.1, 0.15) is 11.9 Å². The van der Waals surface area contributed by atoms with Gasteiger partial charge in [-0.3, -0.25) is 14.6 Å². The van der Waals surface area contributed by atoms with Gasteiger partial charge in [-0.15, -0.1) is 0 Å². The number of pyridine rings is 1. The molecule has 0 saturated carbocycles. The van der Waals surface area contributed by atoms with E-state index in [0.717, 1.165) is 0 Å². The number of likely N-dealkylation sites (tertiary alicyclic amines) is 1. The van der Waals surface area contributed by atoms with E-state index < -0.39 is 11.8 Å². The van der Waals surface area contributed by atoms with Crippen molar-refractivity contribution in [2.75, 3.05) is 13.1 Å². The molecule has 0 bridgehead atoms. The molecule has 1 fully saturated rings. The fourth-order valence-electron chi connectivity index (χ4n) is 1.98. The highest BCUT2D eigenvalue weighted by Crippen LogP contribution is 2.20. The van der Waals surface area contributed by atoms with Crippen LogP contribution >= 0.6 is 11.6 Å². The number of aromatic nitrogens is 1. The normalized spacial score (nSPS) is 16.2. The quantitative estimate of drug-likeness (QED) is 0.805. The molecule has 1 aliphatic heterocycles. The van der Waals surface area contributed by atoms with Gasteiger partial charge < -0.3 is 15.4 Å². The molecule has 1 aliphatic rings. The summed E-state index contributed by atoms with van der Waals surface area (Å²) in [5.74, 6) is -0.951. The minimum absolute atomic E-state index is 0.0165. The first-order valence-electron chi connectivity index (χ1n) is 5.92. The highest BCUT2D eigenvalue weighted by Gasteiger charge is 2.26. The SMILES string of the molecule is NC(=O)C(=O)N1CCC(Oc2cncc(Cl)c2)CC1. The summed E-state index contributed by atoms with van der Waals surface area (Å²) in [6, 6.07) is 1.69. The summed E-state index contributed by atoms with van der Waals surface area (Å²) in [6.45, 7) is 0.918. The van der Waals surface area contributed by atoms with E-state index in [-0.39, 0.29) is 6.10 Å². The van der Waals surface area contributed by atoms with Crippen LogP contribution in [0.1, 0.15) is 12.8 Å². The van der Waals surface area contributed by atoms with Crippen LogP contribution in [0, 0.1) is 0 Å². The number of piperidine rings is 1. The third kappa shape index (κ3) is 3.57. The molecule has 19 heavy (non-hydrogen) atoms. The molecule has 7 heteroatoms. The lowest BCUT2D eigenvalue weighted by atomic mass is 10.1. The standard InChI is InChI=1S/C12H14ClN3O3/c13-8-5-10(7-15-6-8)19-9-1-3-16(4-2-9)12(18)11(14)17/h5-7,9H,1-4H2,(H2,14,17). The van der Waals surface area contributed by atoms with Gasteiger partial charge in [-0.05, 0) is 0 Å². The summed E-state index contributed by atoms with van der Waals surface area (Å²) in [5.41, 5.74) is 4.96. The minimum Gasteiger partial charge on any atom is -0.489 e. The molecule has 0 radical (unpaired) electrons. The number of hydrogen-bond acceptors (Lipinski definition) is 4. The number of halogens is 1. The van der Waals surface area contributed by atoms with Crippen LogP contribution in [0.5, 0.6) is 5.75 Å². The summed E-state index contributed by atoms with van der Waals surface area (Å²) in [5, 5.41) is 0.513. The number of ether oxygens (including phenoxy) is 1. The molecule has 0 atom stereocenters. The topological polar surface area (TPSA) is 85.5 Å². The zero-order chi connectivity index (χ0) is 13.8. The first-order valence-corrected chi connectivity index (χ1v) is 6.30. The molecule has 0 aliphatic carbocycles. The van der Waals surface area contributed by atoms with E-state index in [1.807, 2.05) is 0 Å². The Morgan fingerprint density at radius 2 is 2.05 bits per heavy atom. The van der Waals surface area contributed by atoms with Crippen molar-refractivity contribution in [2.24, 2.45) is 5.73 Å². The van der Waals surface area contributed by atoms with Crippen molar-refractivity contribution >= 4 is 23.4 Å². The van der Waals surface area contributed by atoms with Crippen LogP contribution < -0.4 is 10.5 Å². The van der Waals surface area contributed by atoms with E-state index in [2.05, 4.69) is 4.98 Å². The Hall–Kier alpha value is -1.82. The maximum atomic E-state index is 11.4. The van der Waals surface area contributed by atoms with E-state index >= 15 is 0 Å². The maximum absolute atomic E-state index is 11.4. The minimum atomic E-state index is -0.918. The molecule has 1 saturated heterocycles. The fourth-order valence-corrected chi connectivity index (χ4v) is 2.15. The predicted octanol–water partition coefficient (Wildman–Crippen LogP) is 0.590. The van der Waals surface area contributed by atoms with Crippen molar-refractivity contribution in [2.45, 2.75) is 18.9 Å². The molecule has 0 aromatic carbocycles. The van der Waals surface area contributed by atoms with Gasteiger partial charge in [-0.1, -0.05) is 11.6 Å². The van der Waals surface area contributed by atoms with Crippen molar-refractivity contribution in [3.8, 4) is 5.75 Å². The van der Waals surface area contributed by atoms with Crippen molar-refractivity contribution < 1.29 is 14.3 Å². The molecular formula is C12H14ClN3O3. The molecule has 102 valence electrons. The lowest BCUT2D eigenvalue weighted by molar-refractivity contribution is -0.145. The largest absolute Gasteiger partial charge is 0.489 e. The summed E-state index contributed by atoms with van der Waals surface area (Å²) in [7, 11) is 0. The number of rotatable bonds is 2. The van der Waals surface area contributed by atoms with Crippen LogP contribution in [0.3, 0.4) is 0 Å². The van der Waals surface area contributed by atoms with Crippen LogP contribution in [0.25, 0.3) is 0 Å². The number of carbonyl (C=O) groups is 2. The van der Waals surface area contributed by atoms with Gasteiger partial charge in [0.05, 0.1) is 11.2 Å². The van der Waals surface area contributed by atoms with Gasteiger partial charge in [0, 0.05) is 38.2 Å². The van der Waals surface area contributed by atoms with E-state index in [1.165, 1.54) is 11.1 Å². The zero-order valence-corrected chi connectivity index (χ0v) is 11.0. The van der Waals surface area contributed by atoms with E-state index in [9.17, 15) is 9.59 Å². The number of nitrogens with two attached hydrogens (primary N) is 1. The molecular weight excluding hydrogens is 270 g/mol. The molecule has 2 N–H and O–H groups in total. The Balaban J connectivity index is 1.87. The Bertz CT molecular complexity index is 487. The van der Waals surface area contributed by atoms with Gasteiger partial charge >= 0.3 is 11.8 Å². The predicted molar refractivity (Wildman–Crippen MR) is 68.7 cm³/mol. The first kappa shape index (κ1) is 13.6. The first-order chi connectivity index (χ1) is 9.06. The lowest BCUT2D eigenvalue weighted by Crippen LogP contribution is -2.46. The second kappa shape index (κ2) is 5.88. The Morgan fingerprint density at radius 1 is 1.37 bits per heavy atom. The van der Waals surface area contributed by atoms with Crippen LogP contribution in [-0.2, 0) is 9.59 Å². The smallest absolute Gasteiger partial charge is 0.311 e. The van der Waals surface area contributed by atoms with E-state index in [0.29, 0.717) is 36.7 Å². The van der Waals surface area contributed by atoms with Crippen molar-refractivity contribution in [3.63, 3.8) is 0 Å². The van der Waals surface area contributed by atoms with Crippen molar-refractivity contribution in [3.05, 3.63) is 23.5 Å². The average molecular weight is 284 g/mol. The molecule has 1 aromatic rings. The lowest BCUT2D eigenvalue weighted by Gasteiger charge is -2.31. The van der Waals surface area contributed by atoms with Crippen LogP contribution in [0.2, 0.25) is 5.02 Å². The number of carbonyl (C=O) groups excluding carboxylic acids is 2. The third-order valence-corrected chi connectivity index (χ3v) is 3.13. The van der Waals surface area contributed by atoms with Gasteiger partial charge in [0.25, 0.3) is 0 Å². The summed E-state index contributed by atoms with van der Waals surface area (Å²) < 4.78 is 5.72. The maximum Gasteiger partial charge on any atom is 0.311 e. The van der Waals surface area contributed by atoms with Gasteiger partial charge in [-0.25, -0.2) is 0 Å². The monoisotopic (exact) mass is 283 g/mol. The Labute approximate surface area is 115 Å². The molecule has 1 aromatic heterocycles. The van der Waals surface area contributed by atoms with Crippen molar-refractivity contribution in [1.29, 1.82) is 0 Å². The number of primary amides is 1. The van der Waals surface area contributed by atoms with Crippen LogP contribution in [0.4, 0.5) is 0 Å². The molecule has 2 heterocycles. The van der Waals surface area contributed by atoms with Gasteiger partial charge in [0.15, 0.2) is 0 Å². The van der Waals surface area contributed by atoms with Crippen LogP contribution in [-0.4, -0.2) is 40.9 Å². The Kier molecular flexibility index (Phi) is 4.21. The summed E-state index contributed by atoms with van der Waals surface area (Å²) >= 11 is 5.82. The molecule has 0 unspecified atom stereocenters. The van der Waals surface area contributed by atoms with E-state index in [4.69, 9.17) is 22.1 Å². The summed E-state index contributed by atoms with van der Waals surface area (Å²) in [6.07, 6.45) is 4.39. The third-order valence-electron chi connectivity index (χ3n) is 2.92. The van der Waals surface area contributed by atoms with E-state index in [1.54, 1.807) is 12.3 Å². The highest BCUT2D eigenvalue weighted by atomic mass is 35.5. The molecule has 0 spiro atoms. The second-order valence-electron chi connectivity index (χ2n) is 4.31. The fraction of sp³-hybridized carbons (Fsp3) is 0.417. The zero-order valence-electron chi connectivity index (χ0n) is 10.2. The molecule has 6 nitrogen and oxygen atoms in total. The van der Waals surface area contributed by atoms with Crippen LogP contribution in [0.15, 0.2) is 18.5 Å². The number of hydrogen-bond donors (Lipinski definition) is 1. The summed E-state index contributed by atoms with van der Waals surface area (Å²) in [4.78, 5) is 27.6. The van der Waals surface area contributed by atoms with Gasteiger partial charge in [0.2, 0.25) is 0 Å². The molecule has 2 amide bonds. The van der Waals surface area contributed by atoms with Crippen molar-refractivity contribution in [1.82, 2.24) is 9.88 Å². The highest BCUT2D eigenvalue weighted by molar-refractivity contribution is 6.34. The number of amides is 2. The average Bonchev–Trinajstić information content (AvgIpc) is 2.39. The Morgan fingerprint density at radius 3 is 2.63 bits per heavy atom. The molecule has 2 rings (SSSR count). The second-order valence-corrected chi connectivity index (χ2v) is 4.75.